The molecule has 0 saturated carbocycles. The smallest absolute Gasteiger partial charge is 0.134 e. The molecule has 136 valence electrons. The molecule has 0 radical (unpaired) electrons. The summed E-state index contributed by atoms with van der Waals surface area (Å²) in [6.45, 7) is 6.67. The van der Waals surface area contributed by atoms with Crippen molar-refractivity contribution in [3.8, 4) is 11.3 Å². The van der Waals surface area contributed by atoms with Gasteiger partial charge in [0.1, 0.15) is 11.5 Å². The van der Waals surface area contributed by atoms with Gasteiger partial charge in [0.05, 0.1) is 12.6 Å². The van der Waals surface area contributed by atoms with E-state index in [2.05, 4.69) is 10.6 Å². The van der Waals surface area contributed by atoms with E-state index in [0.717, 1.165) is 40.8 Å². The van der Waals surface area contributed by atoms with Gasteiger partial charge in [-0.2, -0.15) is 0 Å². The molecule has 1 unspecified atom stereocenters. The average molecular weight is 396 g/mol. The summed E-state index contributed by atoms with van der Waals surface area (Å²) in [5.74, 6) is 1.72. The lowest BCUT2D eigenvalue weighted by Gasteiger charge is -2.07. The van der Waals surface area contributed by atoms with Crippen molar-refractivity contribution in [2.75, 3.05) is 19.6 Å². The Labute approximate surface area is 160 Å². The molecule has 0 aliphatic heterocycles. The van der Waals surface area contributed by atoms with Gasteiger partial charge >= 0.3 is 0 Å². The maximum absolute atomic E-state index is 9.13. The summed E-state index contributed by atoms with van der Waals surface area (Å²) in [5, 5.41) is 16.3. The van der Waals surface area contributed by atoms with Crippen molar-refractivity contribution in [2.45, 2.75) is 26.5 Å². The third-order valence-electron chi connectivity index (χ3n) is 3.34. The molecule has 1 atom stereocenters. The second-order valence-electron chi connectivity index (χ2n) is 5.46. The molecule has 1 heterocycles. The third-order valence-corrected chi connectivity index (χ3v) is 3.74. The van der Waals surface area contributed by atoms with E-state index in [-0.39, 0.29) is 30.9 Å². The molecule has 1 aromatic heterocycles. The first-order valence-electron chi connectivity index (χ1n) is 7.51. The number of hydrogen-bond donors (Lipinski definition) is 3. The van der Waals surface area contributed by atoms with Crippen LogP contribution in [-0.4, -0.2) is 30.8 Å². The predicted molar refractivity (Wildman–Crippen MR) is 105 cm³/mol. The van der Waals surface area contributed by atoms with Crippen LogP contribution in [0, 0.1) is 6.92 Å². The van der Waals surface area contributed by atoms with Crippen LogP contribution >= 0.6 is 36.4 Å². The number of aliphatic hydroxyl groups is 1. The van der Waals surface area contributed by atoms with Crippen LogP contribution < -0.4 is 10.6 Å². The Hall–Kier alpha value is -0.750. The summed E-state index contributed by atoms with van der Waals surface area (Å²) in [6.07, 6.45) is -0.311. The molecule has 1 aromatic carbocycles. The van der Waals surface area contributed by atoms with E-state index in [1.165, 1.54) is 0 Å². The Balaban J connectivity index is 0.00000264. The molecule has 3 N–H and O–H groups in total. The molecule has 0 aliphatic carbocycles. The summed E-state index contributed by atoms with van der Waals surface area (Å²) in [7, 11) is 0. The van der Waals surface area contributed by atoms with Crippen LogP contribution in [0.25, 0.3) is 11.3 Å². The lowest BCUT2D eigenvalue weighted by molar-refractivity contribution is 0.191. The first-order chi connectivity index (χ1) is 10.6. The highest BCUT2D eigenvalue weighted by Crippen LogP contribution is 2.26. The lowest BCUT2D eigenvalue weighted by atomic mass is 10.1. The maximum atomic E-state index is 9.13. The van der Waals surface area contributed by atoms with Gasteiger partial charge in [0.2, 0.25) is 0 Å². The van der Waals surface area contributed by atoms with E-state index in [9.17, 15) is 0 Å². The minimum absolute atomic E-state index is 0. The fraction of sp³-hybridized carbons (Fsp3) is 0.412. The van der Waals surface area contributed by atoms with Crippen LogP contribution in [0.15, 0.2) is 34.7 Å². The quantitative estimate of drug-likeness (QED) is 0.595. The molecule has 0 saturated heterocycles. The molecule has 0 aliphatic rings. The molecule has 0 spiro atoms. The van der Waals surface area contributed by atoms with Gasteiger partial charge in [0, 0.05) is 30.2 Å². The van der Waals surface area contributed by atoms with Crippen LogP contribution in [0.4, 0.5) is 0 Å². The van der Waals surface area contributed by atoms with E-state index in [1.807, 2.05) is 37.3 Å². The molecular formula is C17H25Cl3N2O2. The topological polar surface area (TPSA) is 57.4 Å². The summed E-state index contributed by atoms with van der Waals surface area (Å²) in [6, 6.07) is 9.86. The summed E-state index contributed by atoms with van der Waals surface area (Å²) >= 11 is 6.15. The normalized spacial score (nSPS) is 11.5. The second-order valence-corrected chi connectivity index (χ2v) is 5.87. The van der Waals surface area contributed by atoms with Crippen molar-refractivity contribution in [1.29, 1.82) is 0 Å². The molecule has 7 heteroatoms. The van der Waals surface area contributed by atoms with Gasteiger partial charge in [-0.25, -0.2) is 0 Å². The highest BCUT2D eigenvalue weighted by atomic mass is 35.5. The number of furan rings is 1. The van der Waals surface area contributed by atoms with Gasteiger partial charge in [0.25, 0.3) is 0 Å². The van der Waals surface area contributed by atoms with Crippen molar-refractivity contribution in [3.63, 3.8) is 0 Å². The number of halogens is 3. The number of benzene rings is 1. The Bertz CT molecular complexity index is 603. The number of hydrogen-bond acceptors (Lipinski definition) is 4. The van der Waals surface area contributed by atoms with Gasteiger partial charge in [0.15, 0.2) is 0 Å². The monoisotopic (exact) mass is 394 g/mol. The highest BCUT2D eigenvalue weighted by Gasteiger charge is 2.06. The minimum atomic E-state index is -0.311. The number of aryl methyl sites for hydroxylation is 1. The van der Waals surface area contributed by atoms with Crippen molar-refractivity contribution in [1.82, 2.24) is 10.6 Å². The zero-order valence-corrected chi connectivity index (χ0v) is 16.2. The lowest BCUT2D eigenvalue weighted by Crippen LogP contribution is -2.31. The average Bonchev–Trinajstić information content (AvgIpc) is 2.94. The first-order valence-corrected chi connectivity index (χ1v) is 7.89. The zero-order valence-electron chi connectivity index (χ0n) is 13.8. The van der Waals surface area contributed by atoms with Crippen LogP contribution in [0.3, 0.4) is 0 Å². The summed E-state index contributed by atoms with van der Waals surface area (Å²) in [5.41, 5.74) is 2.05. The fourth-order valence-electron chi connectivity index (χ4n) is 2.07. The van der Waals surface area contributed by atoms with Crippen LogP contribution in [0.2, 0.25) is 5.02 Å². The first kappa shape index (κ1) is 23.2. The third kappa shape index (κ3) is 7.43. The Kier molecular flexibility index (Phi) is 11.4. The second kappa shape index (κ2) is 11.7. The van der Waals surface area contributed by atoms with Crippen LogP contribution in [0.1, 0.15) is 18.2 Å². The number of nitrogens with one attached hydrogen (secondary N) is 2. The maximum Gasteiger partial charge on any atom is 0.134 e. The van der Waals surface area contributed by atoms with Crippen molar-refractivity contribution >= 4 is 36.4 Å². The van der Waals surface area contributed by atoms with E-state index >= 15 is 0 Å². The number of aliphatic hydroxyl groups excluding tert-OH is 1. The Morgan fingerprint density at radius 3 is 2.50 bits per heavy atom. The SMILES string of the molecule is Cc1ccc(-c2ccc(CNCCNCC(C)O)o2)cc1Cl.Cl.Cl. The van der Waals surface area contributed by atoms with Crippen LogP contribution in [0.5, 0.6) is 0 Å². The van der Waals surface area contributed by atoms with Gasteiger partial charge < -0.3 is 20.2 Å². The molecule has 0 fully saturated rings. The Morgan fingerprint density at radius 1 is 1.12 bits per heavy atom. The molecule has 24 heavy (non-hydrogen) atoms. The standard InChI is InChI=1S/C17H23ClN2O2.2ClH/c1-12-3-4-14(9-16(12)18)17-6-5-15(22-17)11-20-8-7-19-10-13(2)21;;/h3-6,9,13,19-21H,7-8,10-11H2,1-2H3;2*1H. The highest BCUT2D eigenvalue weighted by molar-refractivity contribution is 6.31. The molecule has 2 aromatic rings. The summed E-state index contributed by atoms with van der Waals surface area (Å²) < 4.78 is 5.83. The van der Waals surface area contributed by atoms with Gasteiger partial charge in [-0.3, -0.25) is 0 Å². The van der Waals surface area contributed by atoms with Crippen molar-refractivity contribution in [2.24, 2.45) is 0 Å². The molecular weight excluding hydrogens is 371 g/mol. The zero-order chi connectivity index (χ0) is 15.9. The van der Waals surface area contributed by atoms with Crippen LogP contribution in [-0.2, 0) is 6.54 Å². The molecule has 4 nitrogen and oxygen atoms in total. The fourth-order valence-corrected chi connectivity index (χ4v) is 2.25. The predicted octanol–water partition coefficient (Wildman–Crippen LogP) is 3.81. The van der Waals surface area contributed by atoms with E-state index in [0.29, 0.717) is 13.1 Å². The van der Waals surface area contributed by atoms with E-state index in [4.69, 9.17) is 21.1 Å². The molecule has 0 amide bonds. The van der Waals surface area contributed by atoms with Gasteiger partial charge in [-0.15, -0.1) is 24.8 Å². The largest absolute Gasteiger partial charge is 0.460 e. The van der Waals surface area contributed by atoms with Gasteiger partial charge in [-0.05, 0) is 37.6 Å². The van der Waals surface area contributed by atoms with E-state index in [1.54, 1.807) is 6.92 Å². The molecule has 0 bridgehead atoms. The summed E-state index contributed by atoms with van der Waals surface area (Å²) in [4.78, 5) is 0. The van der Waals surface area contributed by atoms with Crippen molar-refractivity contribution in [3.05, 3.63) is 46.7 Å². The van der Waals surface area contributed by atoms with Gasteiger partial charge in [-0.1, -0.05) is 23.7 Å². The minimum Gasteiger partial charge on any atom is -0.460 e. The number of rotatable bonds is 8. The molecule has 2 rings (SSSR count). The van der Waals surface area contributed by atoms with E-state index < -0.39 is 0 Å². The van der Waals surface area contributed by atoms with Crippen molar-refractivity contribution < 1.29 is 9.52 Å². The Morgan fingerprint density at radius 2 is 1.83 bits per heavy atom.